The molecule has 1 saturated heterocycles. The molecule has 0 atom stereocenters. The maximum absolute atomic E-state index is 12.1. The average Bonchev–Trinajstić information content (AvgIpc) is 3.55. The highest BCUT2D eigenvalue weighted by Gasteiger charge is 2.21. The first-order valence-electron chi connectivity index (χ1n) is 10.8. The molecule has 33 heavy (non-hydrogen) atoms. The van der Waals surface area contributed by atoms with Crippen molar-refractivity contribution in [1.82, 2.24) is 25.1 Å². The van der Waals surface area contributed by atoms with Gasteiger partial charge < -0.3 is 19.9 Å². The van der Waals surface area contributed by atoms with Crippen molar-refractivity contribution in [1.29, 1.82) is 0 Å². The van der Waals surface area contributed by atoms with Gasteiger partial charge in [0.05, 0.1) is 30.1 Å². The van der Waals surface area contributed by atoms with Crippen LogP contribution >= 0.6 is 11.3 Å². The lowest BCUT2D eigenvalue weighted by Gasteiger charge is -2.36. The van der Waals surface area contributed by atoms with E-state index in [1.165, 1.54) is 17.0 Å². The Balaban J connectivity index is 1.23. The smallest absolute Gasteiger partial charge is 0.261 e. The third-order valence-corrected chi connectivity index (χ3v) is 6.65. The average molecular weight is 464 g/mol. The SMILES string of the molecule is COc1ccc(N2CCN(c3ncnc4c3cnn4CCNC(=O)c3cccs3)CC2)cc1. The number of thiophene rings is 1. The number of carbonyl (C=O) groups is 1. The van der Waals surface area contributed by atoms with Crippen molar-refractivity contribution in [3.63, 3.8) is 0 Å². The number of ether oxygens (including phenoxy) is 1. The van der Waals surface area contributed by atoms with Crippen molar-refractivity contribution in [3.8, 4) is 5.75 Å². The summed E-state index contributed by atoms with van der Waals surface area (Å²) in [4.78, 5) is 26.5. The molecule has 1 aromatic carbocycles. The minimum Gasteiger partial charge on any atom is -0.497 e. The Labute approximate surface area is 195 Å². The summed E-state index contributed by atoms with van der Waals surface area (Å²) >= 11 is 1.43. The Morgan fingerprint density at radius 2 is 1.88 bits per heavy atom. The van der Waals surface area contributed by atoms with E-state index < -0.39 is 0 Å². The first kappa shape index (κ1) is 21.2. The topological polar surface area (TPSA) is 88.4 Å². The Morgan fingerprint density at radius 1 is 1.09 bits per heavy atom. The fraction of sp³-hybridized carbons (Fsp3) is 0.304. The first-order valence-corrected chi connectivity index (χ1v) is 11.7. The van der Waals surface area contributed by atoms with Crippen molar-refractivity contribution >= 4 is 39.8 Å². The maximum atomic E-state index is 12.1. The minimum absolute atomic E-state index is 0.0634. The second kappa shape index (κ2) is 9.45. The number of methoxy groups -OCH3 is 1. The van der Waals surface area contributed by atoms with Crippen LogP contribution in [0.5, 0.6) is 5.75 Å². The zero-order valence-corrected chi connectivity index (χ0v) is 19.2. The zero-order valence-electron chi connectivity index (χ0n) is 18.3. The van der Waals surface area contributed by atoms with Gasteiger partial charge in [-0.15, -0.1) is 11.3 Å². The summed E-state index contributed by atoms with van der Waals surface area (Å²) in [6, 6.07) is 11.9. The predicted octanol–water partition coefficient (Wildman–Crippen LogP) is 2.65. The van der Waals surface area contributed by atoms with E-state index >= 15 is 0 Å². The number of aromatic nitrogens is 4. The number of amides is 1. The molecule has 0 saturated carbocycles. The third-order valence-electron chi connectivity index (χ3n) is 5.78. The Morgan fingerprint density at radius 3 is 2.61 bits per heavy atom. The predicted molar refractivity (Wildman–Crippen MR) is 129 cm³/mol. The van der Waals surface area contributed by atoms with Crippen molar-refractivity contribution in [2.45, 2.75) is 6.54 Å². The molecule has 9 nitrogen and oxygen atoms in total. The van der Waals surface area contributed by atoms with Gasteiger partial charge in [-0.1, -0.05) is 6.07 Å². The van der Waals surface area contributed by atoms with Crippen LogP contribution in [0.3, 0.4) is 0 Å². The molecule has 4 heterocycles. The van der Waals surface area contributed by atoms with Crippen LogP contribution in [0.4, 0.5) is 11.5 Å². The first-order chi connectivity index (χ1) is 16.2. The third kappa shape index (κ3) is 4.47. The number of hydrogen-bond acceptors (Lipinski definition) is 8. The Kier molecular flexibility index (Phi) is 6.07. The van der Waals surface area contributed by atoms with Gasteiger partial charge in [0.25, 0.3) is 5.91 Å². The lowest BCUT2D eigenvalue weighted by atomic mass is 10.2. The van der Waals surface area contributed by atoms with E-state index in [0.29, 0.717) is 18.0 Å². The van der Waals surface area contributed by atoms with E-state index in [2.05, 4.69) is 42.3 Å². The highest BCUT2D eigenvalue weighted by molar-refractivity contribution is 7.12. The van der Waals surface area contributed by atoms with Crippen LogP contribution in [0.1, 0.15) is 9.67 Å². The van der Waals surface area contributed by atoms with Crippen molar-refractivity contribution in [2.75, 3.05) is 49.6 Å². The van der Waals surface area contributed by atoms with Gasteiger partial charge in [-0.25, -0.2) is 14.6 Å². The van der Waals surface area contributed by atoms with Crippen LogP contribution < -0.4 is 19.9 Å². The summed E-state index contributed by atoms with van der Waals surface area (Å²) in [6.07, 6.45) is 3.41. The van der Waals surface area contributed by atoms with E-state index in [0.717, 1.165) is 48.8 Å². The molecule has 170 valence electrons. The molecule has 1 N–H and O–H groups in total. The molecule has 1 fully saturated rings. The van der Waals surface area contributed by atoms with Crippen LogP contribution in [-0.2, 0) is 6.54 Å². The summed E-state index contributed by atoms with van der Waals surface area (Å²) in [5, 5.41) is 10.3. The fourth-order valence-corrected chi connectivity index (χ4v) is 4.68. The summed E-state index contributed by atoms with van der Waals surface area (Å²) < 4.78 is 7.08. The Bertz CT molecular complexity index is 1220. The van der Waals surface area contributed by atoms with E-state index in [1.807, 2.05) is 40.5 Å². The van der Waals surface area contributed by atoms with Crippen LogP contribution in [0.25, 0.3) is 11.0 Å². The van der Waals surface area contributed by atoms with Gasteiger partial charge in [0, 0.05) is 38.4 Å². The van der Waals surface area contributed by atoms with E-state index in [9.17, 15) is 4.79 Å². The molecule has 5 rings (SSSR count). The lowest BCUT2D eigenvalue weighted by Crippen LogP contribution is -2.46. The van der Waals surface area contributed by atoms with Gasteiger partial charge in [0.15, 0.2) is 5.65 Å². The highest BCUT2D eigenvalue weighted by atomic mass is 32.1. The maximum Gasteiger partial charge on any atom is 0.261 e. The normalized spacial score (nSPS) is 14.0. The summed E-state index contributed by atoms with van der Waals surface area (Å²) in [7, 11) is 1.68. The molecule has 1 aliphatic heterocycles. The van der Waals surface area contributed by atoms with E-state index in [-0.39, 0.29) is 5.91 Å². The minimum atomic E-state index is -0.0634. The molecule has 1 aliphatic rings. The van der Waals surface area contributed by atoms with E-state index in [1.54, 1.807) is 13.4 Å². The van der Waals surface area contributed by atoms with Crippen molar-refractivity contribution in [3.05, 3.63) is 59.2 Å². The number of hydrogen-bond donors (Lipinski definition) is 1. The van der Waals surface area contributed by atoms with Gasteiger partial charge >= 0.3 is 0 Å². The van der Waals surface area contributed by atoms with Crippen molar-refractivity contribution < 1.29 is 9.53 Å². The second-order valence-electron chi connectivity index (χ2n) is 7.71. The molecule has 0 spiro atoms. The highest BCUT2D eigenvalue weighted by Crippen LogP contribution is 2.26. The van der Waals surface area contributed by atoms with E-state index in [4.69, 9.17) is 4.74 Å². The fourth-order valence-electron chi connectivity index (χ4n) is 4.04. The molecular weight excluding hydrogens is 438 g/mol. The van der Waals surface area contributed by atoms with Crippen LogP contribution in [0.2, 0.25) is 0 Å². The number of rotatable bonds is 7. The molecule has 0 aliphatic carbocycles. The standard InChI is InChI=1S/C23H25N7O2S/c1-32-18-6-4-17(5-7-18)28-10-12-29(13-11-28)21-19-15-27-30(22(19)26-16-25-21)9-8-24-23(31)20-3-2-14-33-20/h2-7,14-16H,8-13H2,1H3,(H,24,31). The Hall–Kier alpha value is -3.66. The quantitative estimate of drug-likeness (QED) is 0.451. The summed E-state index contributed by atoms with van der Waals surface area (Å²) in [5.41, 5.74) is 1.98. The summed E-state index contributed by atoms with van der Waals surface area (Å²) in [6.45, 7) is 4.55. The molecule has 4 aromatic rings. The van der Waals surface area contributed by atoms with Gasteiger partial charge in [-0.3, -0.25) is 4.79 Å². The van der Waals surface area contributed by atoms with Crippen LogP contribution in [-0.4, -0.2) is 65.5 Å². The number of carbonyl (C=O) groups excluding carboxylic acids is 1. The largest absolute Gasteiger partial charge is 0.497 e. The number of nitrogens with zero attached hydrogens (tertiary/aromatic N) is 6. The molecule has 0 bridgehead atoms. The second-order valence-corrected chi connectivity index (χ2v) is 8.66. The molecule has 1 amide bonds. The van der Waals surface area contributed by atoms with Crippen molar-refractivity contribution in [2.24, 2.45) is 0 Å². The number of piperazine rings is 1. The molecular formula is C23H25N7O2S. The summed E-state index contributed by atoms with van der Waals surface area (Å²) in [5.74, 6) is 1.71. The van der Waals surface area contributed by atoms with Crippen LogP contribution in [0, 0.1) is 0 Å². The molecule has 0 unspecified atom stereocenters. The lowest BCUT2D eigenvalue weighted by molar-refractivity contribution is 0.0956. The van der Waals surface area contributed by atoms with Gasteiger partial charge in [-0.05, 0) is 35.7 Å². The molecule has 0 radical (unpaired) electrons. The number of benzene rings is 1. The van der Waals surface area contributed by atoms with Gasteiger partial charge in [-0.2, -0.15) is 5.10 Å². The van der Waals surface area contributed by atoms with Gasteiger partial charge in [0.2, 0.25) is 0 Å². The number of fused-ring (bicyclic) bond motifs is 1. The van der Waals surface area contributed by atoms with Crippen LogP contribution in [0.15, 0.2) is 54.3 Å². The van der Waals surface area contributed by atoms with Gasteiger partial charge in [0.1, 0.15) is 17.9 Å². The monoisotopic (exact) mass is 463 g/mol. The number of nitrogens with one attached hydrogen (secondary N) is 1. The number of anilines is 2. The molecule has 3 aromatic heterocycles. The zero-order chi connectivity index (χ0) is 22.6. The molecule has 10 heteroatoms.